The predicted octanol–water partition coefficient (Wildman–Crippen LogP) is 3.15. The zero-order valence-corrected chi connectivity index (χ0v) is 11.4. The fraction of sp³-hybridized carbons (Fsp3) is 0. The quantitative estimate of drug-likeness (QED) is 0.942. The van der Waals surface area contributed by atoms with Crippen molar-refractivity contribution in [3.63, 3.8) is 0 Å². The van der Waals surface area contributed by atoms with Crippen LogP contribution in [0.3, 0.4) is 0 Å². The van der Waals surface area contributed by atoms with E-state index < -0.39 is 10.0 Å². The molecule has 2 rings (SSSR count). The summed E-state index contributed by atoms with van der Waals surface area (Å²) in [7, 11) is -3.61. The first kappa shape index (κ1) is 13.6. The summed E-state index contributed by atoms with van der Waals surface area (Å²) in [6.45, 7) is 0. The van der Waals surface area contributed by atoms with Crippen molar-refractivity contribution >= 4 is 33.4 Å². The standard InChI is InChI=1S/C13H11ClN2O2S/c14-12-6-8-15-10-13(12)16-19(17,18)9-7-11-4-2-1-3-5-11/h1-10,16H/b9-7+. The highest BCUT2D eigenvalue weighted by molar-refractivity contribution is 7.95. The average Bonchev–Trinajstić information content (AvgIpc) is 2.40. The molecule has 0 bridgehead atoms. The Bertz CT molecular complexity index is 685. The maximum Gasteiger partial charge on any atom is 0.255 e. The van der Waals surface area contributed by atoms with Gasteiger partial charge in [0.25, 0.3) is 10.0 Å². The molecule has 0 atom stereocenters. The minimum Gasteiger partial charge on any atom is -0.277 e. The fourth-order valence-electron chi connectivity index (χ4n) is 1.37. The van der Waals surface area contributed by atoms with Gasteiger partial charge in [-0.1, -0.05) is 41.9 Å². The van der Waals surface area contributed by atoms with Gasteiger partial charge in [0.2, 0.25) is 0 Å². The lowest BCUT2D eigenvalue weighted by Gasteiger charge is -2.05. The molecule has 1 aromatic heterocycles. The summed E-state index contributed by atoms with van der Waals surface area (Å²) in [6, 6.07) is 10.7. The van der Waals surface area contributed by atoms with Gasteiger partial charge >= 0.3 is 0 Å². The Morgan fingerprint density at radius 1 is 1.16 bits per heavy atom. The van der Waals surface area contributed by atoms with E-state index >= 15 is 0 Å². The molecule has 1 N–H and O–H groups in total. The molecular formula is C13H11ClN2O2S. The second-order valence-electron chi connectivity index (χ2n) is 3.72. The zero-order valence-electron chi connectivity index (χ0n) is 9.82. The monoisotopic (exact) mass is 294 g/mol. The van der Waals surface area contributed by atoms with Crippen LogP contribution in [0, 0.1) is 0 Å². The van der Waals surface area contributed by atoms with Gasteiger partial charge in [-0.2, -0.15) is 0 Å². The minimum absolute atomic E-state index is 0.252. The van der Waals surface area contributed by atoms with E-state index in [1.165, 1.54) is 24.5 Å². The smallest absolute Gasteiger partial charge is 0.255 e. The summed E-state index contributed by atoms with van der Waals surface area (Å²) in [5, 5.41) is 1.39. The van der Waals surface area contributed by atoms with Crippen molar-refractivity contribution < 1.29 is 8.42 Å². The van der Waals surface area contributed by atoms with Crippen LogP contribution in [-0.4, -0.2) is 13.4 Å². The number of nitrogens with one attached hydrogen (secondary N) is 1. The Labute approximate surface area is 116 Å². The van der Waals surface area contributed by atoms with Gasteiger partial charge in [0.1, 0.15) is 0 Å². The number of hydrogen-bond donors (Lipinski definition) is 1. The van der Waals surface area contributed by atoms with Crippen LogP contribution >= 0.6 is 11.6 Å². The average molecular weight is 295 g/mol. The summed E-state index contributed by atoms with van der Waals surface area (Å²) in [5.74, 6) is 0. The Morgan fingerprint density at radius 3 is 2.58 bits per heavy atom. The van der Waals surface area contributed by atoms with Gasteiger partial charge in [-0.3, -0.25) is 9.71 Å². The molecule has 0 fully saturated rings. The number of hydrogen-bond acceptors (Lipinski definition) is 3. The van der Waals surface area contributed by atoms with E-state index in [4.69, 9.17) is 11.6 Å². The van der Waals surface area contributed by atoms with Gasteiger partial charge in [-0.25, -0.2) is 8.42 Å². The lowest BCUT2D eigenvalue weighted by atomic mass is 10.2. The molecule has 4 nitrogen and oxygen atoms in total. The van der Waals surface area contributed by atoms with Crippen molar-refractivity contribution in [2.24, 2.45) is 0 Å². The molecule has 98 valence electrons. The Morgan fingerprint density at radius 2 is 1.89 bits per heavy atom. The summed E-state index contributed by atoms with van der Waals surface area (Å²) in [6.07, 6.45) is 4.35. The first-order valence-corrected chi connectivity index (χ1v) is 7.35. The number of benzene rings is 1. The van der Waals surface area contributed by atoms with E-state index in [1.807, 2.05) is 30.3 Å². The topological polar surface area (TPSA) is 59.1 Å². The third kappa shape index (κ3) is 4.08. The number of anilines is 1. The second-order valence-corrected chi connectivity index (χ2v) is 5.69. The highest BCUT2D eigenvalue weighted by Crippen LogP contribution is 2.20. The molecule has 0 spiro atoms. The molecule has 0 unspecified atom stereocenters. The van der Waals surface area contributed by atoms with Crippen LogP contribution in [0.5, 0.6) is 0 Å². The third-order valence-corrected chi connectivity index (χ3v) is 3.59. The van der Waals surface area contributed by atoms with Crippen molar-refractivity contribution in [1.29, 1.82) is 0 Å². The molecule has 1 aromatic carbocycles. The third-order valence-electron chi connectivity index (χ3n) is 2.26. The lowest BCUT2D eigenvalue weighted by Crippen LogP contribution is -2.09. The van der Waals surface area contributed by atoms with Crippen molar-refractivity contribution in [2.45, 2.75) is 0 Å². The van der Waals surface area contributed by atoms with Crippen LogP contribution in [0.1, 0.15) is 5.56 Å². The van der Waals surface area contributed by atoms with Gasteiger partial charge in [-0.05, 0) is 17.7 Å². The molecule has 0 aliphatic heterocycles. The number of sulfonamides is 1. The number of pyridine rings is 1. The van der Waals surface area contributed by atoms with E-state index in [0.717, 1.165) is 11.0 Å². The first-order chi connectivity index (χ1) is 9.07. The minimum atomic E-state index is -3.61. The normalized spacial score (nSPS) is 11.6. The van der Waals surface area contributed by atoms with E-state index in [2.05, 4.69) is 9.71 Å². The van der Waals surface area contributed by atoms with Crippen LogP contribution in [0.2, 0.25) is 5.02 Å². The summed E-state index contributed by atoms with van der Waals surface area (Å²) in [5.41, 5.74) is 1.05. The molecule has 0 aliphatic rings. The molecule has 6 heteroatoms. The van der Waals surface area contributed by atoms with E-state index in [0.29, 0.717) is 5.02 Å². The lowest BCUT2D eigenvalue weighted by molar-refractivity contribution is 0.609. The predicted molar refractivity (Wildman–Crippen MR) is 77.3 cm³/mol. The number of nitrogens with zero attached hydrogens (tertiary/aromatic N) is 1. The molecule has 0 aliphatic carbocycles. The Kier molecular flexibility index (Phi) is 4.19. The van der Waals surface area contributed by atoms with Gasteiger partial charge < -0.3 is 0 Å². The molecule has 1 heterocycles. The Hall–Kier alpha value is -1.85. The summed E-state index contributed by atoms with van der Waals surface area (Å²) in [4.78, 5) is 3.81. The van der Waals surface area contributed by atoms with Gasteiger partial charge in [0, 0.05) is 6.20 Å². The van der Waals surface area contributed by atoms with E-state index in [9.17, 15) is 8.42 Å². The number of halogens is 1. The van der Waals surface area contributed by atoms with Crippen molar-refractivity contribution in [3.05, 3.63) is 64.8 Å². The zero-order chi connectivity index (χ0) is 13.7. The maximum atomic E-state index is 11.8. The summed E-state index contributed by atoms with van der Waals surface area (Å²) < 4.78 is 26.0. The molecule has 0 saturated carbocycles. The van der Waals surface area contributed by atoms with Crippen molar-refractivity contribution in [3.8, 4) is 0 Å². The van der Waals surface area contributed by atoms with Gasteiger partial charge in [0.05, 0.1) is 22.3 Å². The highest BCUT2D eigenvalue weighted by atomic mass is 35.5. The number of aromatic nitrogens is 1. The van der Waals surface area contributed by atoms with Crippen LogP contribution in [0.4, 0.5) is 5.69 Å². The van der Waals surface area contributed by atoms with E-state index in [-0.39, 0.29) is 5.69 Å². The van der Waals surface area contributed by atoms with Crippen LogP contribution < -0.4 is 4.72 Å². The molecule has 0 saturated heterocycles. The largest absolute Gasteiger partial charge is 0.277 e. The van der Waals surface area contributed by atoms with Crippen LogP contribution in [-0.2, 0) is 10.0 Å². The Balaban J connectivity index is 2.16. The molecule has 2 aromatic rings. The molecular weight excluding hydrogens is 284 g/mol. The fourth-order valence-corrected chi connectivity index (χ4v) is 2.45. The molecule has 0 amide bonds. The van der Waals surface area contributed by atoms with Crippen LogP contribution in [0.25, 0.3) is 6.08 Å². The molecule has 19 heavy (non-hydrogen) atoms. The molecule has 0 radical (unpaired) electrons. The van der Waals surface area contributed by atoms with Gasteiger partial charge in [0.15, 0.2) is 0 Å². The highest BCUT2D eigenvalue weighted by Gasteiger charge is 2.08. The van der Waals surface area contributed by atoms with Crippen LogP contribution in [0.15, 0.2) is 54.2 Å². The first-order valence-electron chi connectivity index (χ1n) is 5.42. The van der Waals surface area contributed by atoms with Crippen molar-refractivity contribution in [1.82, 2.24) is 4.98 Å². The SMILES string of the molecule is O=S(=O)(/C=C/c1ccccc1)Nc1cnccc1Cl. The number of rotatable bonds is 4. The van der Waals surface area contributed by atoms with Gasteiger partial charge in [-0.15, -0.1) is 0 Å². The maximum absolute atomic E-state index is 11.8. The van der Waals surface area contributed by atoms with Crippen molar-refractivity contribution in [2.75, 3.05) is 4.72 Å². The summed E-state index contributed by atoms with van der Waals surface area (Å²) >= 11 is 5.86. The van der Waals surface area contributed by atoms with E-state index in [1.54, 1.807) is 0 Å². The second kappa shape index (κ2) is 5.86.